The van der Waals surface area contributed by atoms with Crippen LogP contribution in [0.2, 0.25) is 0 Å². The quantitative estimate of drug-likeness (QED) is 0.832. The smallest absolute Gasteiger partial charge is 0.238 e. The minimum absolute atomic E-state index is 0.148. The van der Waals surface area contributed by atoms with Crippen LogP contribution in [0.25, 0.3) is 0 Å². The predicted octanol–water partition coefficient (Wildman–Crippen LogP) is 2.47. The third-order valence-electron chi connectivity index (χ3n) is 3.79. The van der Waals surface area contributed by atoms with E-state index in [-0.39, 0.29) is 11.6 Å². The predicted molar refractivity (Wildman–Crippen MR) is 78.9 cm³/mol. The van der Waals surface area contributed by atoms with Crippen molar-refractivity contribution in [3.8, 4) is 0 Å². The Morgan fingerprint density at radius 3 is 3.00 bits per heavy atom. The van der Waals surface area contributed by atoms with E-state index in [4.69, 9.17) is 5.73 Å². The molecule has 0 aliphatic carbocycles. The molecule has 5 heteroatoms. The summed E-state index contributed by atoms with van der Waals surface area (Å²) in [4.78, 5) is 14.2. The zero-order valence-corrected chi connectivity index (χ0v) is 12.0. The van der Waals surface area contributed by atoms with Gasteiger partial charge in [0.2, 0.25) is 5.91 Å². The zero-order chi connectivity index (χ0) is 14.7. The van der Waals surface area contributed by atoms with Crippen molar-refractivity contribution < 1.29 is 9.18 Å². The maximum absolute atomic E-state index is 13.6. The first kappa shape index (κ1) is 14.8. The number of benzene rings is 1. The maximum Gasteiger partial charge on any atom is 0.238 e. The van der Waals surface area contributed by atoms with E-state index in [1.165, 1.54) is 18.2 Å². The van der Waals surface area contributed by atoms with Crippen molar-refractivity contribution in [3.05, 3.63) is 24.0 Å². The minimum Gasteiger partial charge on any atom is -0.399 e. The molecule has 1 aromatic rings. The Morgan fingerprint density at radius 1 is 1.55 bits per heavy atom. The van der Waals surface area contributed by atoms with Gasteiger partial charge in [-0.1, -0.05) is 13.8 Å². The van der Waals surface area contributed by atoms with Crippen molar-refractivity contribution in [2.75, 3.05) is 24.1 Å². The van der Waals surface area contributed by atoms with Gasteiger partial charge in [0.25, 0.3) is 0 Å². The lowest BCUT2D eigenvalue weighted by molar-refractivity contribution is -0.117. The third-order valence-corrected chi connectivity index (χ3v) is 3.79. The number of nitrogens with one attached hydrogen (secondary N) is 1. The number of nitrogens with two attached hydrogens (primary N) is 1. The summed E-state index contributed by atoms with van der Waals surface area (Å²) in [5, 5.41) is 2.60. The number of anilines is 2. The summed E-state index contributed by atoms with van der Waals surface area (Å²) < 4.78 is 13.6. The van der Waals surface area contributed by atoms with E-state index in [0.717, 1.165) is 19.4 Å². The molecular formula is C15H22FN3O. The average molecular weight is 279 g/mol. The Morgan fingerprint density at radius 2 is 2.30 bits per heavy atom. The summed E-state index contributed by atoms with van der Waals surface area (Å²) in [6.07, 6.45) is 2.24. The summed E-state index contributed by atoms with van der Waals surface area (Å²) in [7, 11) is 0. The number of nitrogen functional groups attached to an aromatic ring is 1. The highest BCUT2D eigenvalue weighted by molar-refractivity contribution is 5.92. The first-order valence-electron chi connectivity index (χ1n) is 7.06. The van der Waals surface area contributed by atoms with Gasteiger partial charge < -0.3 is 11.1 Å². The van der Waals surface area contributed by atoms with E-state index in [1.54, 1.807) is 0 Å². The molecule has 20 heavy (non-hydrogen) atoms. The van der Waals surface area contributed by atoms with Gasteiger partial charge in [0.15, 0.2) is 0 Å². The number of rotatable bonds is 4. The summed E-state index contributed by atoms with van der Waals surface area (Å²) in [6, 6.07) is 4.61. The maximum atomic E-state index is 13.6. The molecule has 0 aromatic heterocycles. The van der Waals surface area contributed by atoms with Crippen LogP contribution in [0.15, 0.2) is 18.2 Å². The Hall–Kier alpha value is -1.62. The molecule has 0 radical (unpaired) electrons. The number of hydrogen-bond acceptors (Lipinski definition) is 3. The molecular weight excluding hydrogens is 257 g/mol. The number of halogens is 1. The van der Waals surface area contributed by atoms with Crippen molar-refractivity contribution in [1.82, 2.24) is 4.90 Å². The number of carbonyl (C=O) groups excluding carboxylic acids is 1. The van der Waals surface area contributed by atoms with Gasteiger partial charge in [-0.25, -0.2) is 4.39 Å². The molecule has 3 N–H and O–H groups in total. The van der Waals surface area contributed by atoms with Crippen LogP contribution < -0.4 is 11.1 Å². The van der Waals surface area contributed by atoms with Crippen LogP contribution in [0.4, 0.5) is 15.8 Å². The van der Waals surface area contributed by atoms with E-state index in [0.29, 0.717) is 24.2 Å². The molecule has 1 unspecified atom stereocenters. The Balaban J connectivity index is 1.97. The molecule has 2 rings (SSSR count). The van der Waals surface area contributed by atoms with Crippen LogP contribution in [0, 0.1) is 11.7 Å². The molecule has 1 aliphatic heterocycles. The average Bonchev–Trinajstić information content (AvgIpc) is 2.82. The number of likely N-dealkylation sites (tertiary alicyclic amines) is 1. The summed E-state index contributed by atoms with van der Waals surface area (Å²) in [6.45, 7) is 5.56. The lowest BCUT2D eigenvalue weighted by Gasteiger charge is -2.26. The van der Waals surface area contributed by atoms with Crippen molar-refractivity contribution in [3.63, 3.8) is 0 Å². The van der Waals surface area contributed by atoms with E-state index < -0.39 is 5.82 Å². The second-order valence-corrected chi connectivity index (χ2v) is 5.71. The fraction of sp³-hybridized carbons (Fsp3) is 0.533. The SMILES string of the molecule is CC(C)C1CCCN1CC(=O)Nc1cc(N)ccc1F. The fourth-order valence-corrected chi connectivity index (χ4v) is 2.82. The number of hydrogen-bond donors (Lipinski definition) is 2. The van der Waals surface area contributed by atoms with Gasteiger partial charge >= 0.3 is 0 Å². The van der Waals surface area contributed by atoms with Crippen LogP contribution >= 0.6 is 0 Å². The van der Waals surface area contributed by atoms with Gasteiger partial charge in [-0.2, -0.15) is 0 Å². The van der Waals surface area contributed by atoms with E-state index in [2.05, 4.69) is 24.1 Å². The highest BCUT2D eigenvalue weighted by atomic mass is 19.1. The van der Waals surface area contributed by atoms with Crippen LogP contribution in [0.3, 0.4) is 0 Å². The Bertz CT molecular complexity index is 490. The zero-order valence-electron chi connectivity index (χ0n) is 12.0. The van der Waals surface area contributed by atoms with Crippen LogP contribution in [0.5, 0.6) is 0 Å². The molecule has 110 valence electrons. The first-order chi connectivity index (χ1) is 9.47. The Kier molecular flexibility index (Phi) is 4.60. The molecule has 1 heterocycles. The minimum atomic E-state index is -0.464. The van der Waals surface area contributed by atoms with Crippen LogP contribution in [-0.4, -0.2) is 29.9 Å². The van der Waals surface area contributed by atoms with Crippen LogP contribution in [-0.2, 0) is 4.79 Å². The standard InChI is InChI=1S/C15H22FN3O/c1-10(2)14-4-3-7-19(14)9-15(20)18-13-8-11(17)5-6-12(13)16/h5-6,8,10,14H,3-4,7,9,17H2,1-2H3,(H,18,20). The van der Waals surface area contributed by atoms with Gasteiger partial charge in [0, 0.05) is 11.7 Å². The monoisotopic (exact) mass is 279 g/mol. The van der Waals surface area contributed by atoms with Crippen molar-refractivity contribution in [2.45, 2.75) is 32.7 Å². The second-order valence-electron chi connectivity index (χ2n) is 5.71. The van der Waals surface area contributed by atoms with Gasteiger partial charge in [0.05, 0.1) is 12.2 Å². The second kappa shape index (κ2) is 6.22. The molecule has 4 nitrogen and oxygen atoms in total. The normalized spacial score (nSPS) is 19.5. The molecule has 1 aromatic carbocycles. The van der Waals surface area contributed by atoms with Gasteiger partial charge in [-0.05, 0) is 43.5 Å². The molecule has 1 atom stereocenters. The molecule has 1 amide bonds. The third kappa shape index (κ3) is 3.48. The topological polar surface area (TPSA) is 58.4 Å². The van der Waals surface area contributed by atoms with Gasteiger partial charge in [-0.15, -0.1) is 0 Å². The lowest BCUT2D eigenvalue weighted by Crippen LogP contribution is -2.39. The molecule has 1 fully saturated rings. The highest BCUT2D eigenvalue weighted by Gasteiger charge is 2.28. The molecule has 1 aliphatic rings. The van der Waals surface area contributed by atoms with Crippen LogP contribution in [0.1, 0.15) is 26.7 Å². The lowest BCUT2D eigenvalue weighted by atomic mass is 10.0. The number of amides is 1. The largest absolute Gasteiger partial charge is 0.399 e. The van der Waals surface area contributed by atoms with E-state index in [1.807, 2.05) is 0 Å². The molecule has 0 saturated carbocycles. The van der Waals surface area contributed by atoms with E-state index in [9.17, 15) is 9.18 Å². The molecule has 1 saturated heterocycles. The Labute approximate surface area is 119 Å². The van der Waals surface area contributed by atoms with E-state index >= 15 is 0 Å². The molecule has 0 bridgehead atoms. The molecule has 0 spiro atoms. The van der Waals surface area contributed by atoms with Gasteiger partial charge in [-0.3, -0.25) is 9.69 Å². The number of carbonyl (C=O) groups is 1. The highest BCUT2D eigenvalue weighted by Crippen LogP contribution is 2.23. The fourth-order valence-electron chi connectivity index (χ4n) is 2.82. The summed E-state index contributed by atoms with van der Waals surface area (Å²) in [5.41, 5.74) is 6.18. The van der Waals surface area contributed by atoms with Crippen molar-refractivity contribution in [1.29, 1.82) is 0 Å². The first-order valence-corrected chi connectivity index (χ1v) is 7.06. The van der Waals surface area contributed by atoms with Crippen molar-refractivity contribution in [2.24, 2.45) is 5.92 Å². The summed E-state index contributed by atoms with van der Waals surface area (Å²) >= 11 is 0. The van der Waals surface area contributed by atoms with Gasteiger partial charge in [0.1, 0.15) is 5.82 Å². The van der Waals surface area contributed by atoms with Crippen molar-refractivity contribution >= 4 is 17.3 Å². The summed E-state index contributed by atoms with van der Waals surface area (Å²) in [5.74, 6) is -0.133. The number of nitrogens with zero attached hydrogens (tertiary/aromatic N) is 1.